The number of benzene rings is 1. The van der Waals surface area contributed by atoms with Crippen LogP contribution in [0.2, 0.25) is 5.02 Å². The van der Waals surface area contributed by atoms with Crippen LogP contribution in [-0.4, -0.2) is 22.5 Å². The molecule has 1 aliphatic rings. The zero-order valence-corrected chi connectivity index (χ0v) is 14.5. The number of furan rings is 1. The van der Waals surface area contributed by atoms with Crippen molar-refractivity contribution < 1.29 is 13.7 Å². The summed E-state index contributed by atoms with van der Waals surface area (Å²) in [7, 11) is 0. The second-order valence-corrected chi connectivity index (χ2v) is 6.57. The Hall–Kier alpha value is -2.53. The van der Waals surface area contributed by atoms with Crippen molar-refractivity contribution in [2.75, 3.05) is 6.54 Å². The largest absolute Gasteiger partial charge is 0.451 e. The fourth-order valence-electron chi connectivity index (χ4n) is 3.26. The molecule has 1 fully saturated rings. The highest BCUT2D eigenvalue weighted by atomic mass is 35.5. The Labute approximate surface area is 150 Å². The molecule has 4 rings (SSSR count). The van der Waals surface area contributed by atoms with Crippen LogP contribution in [0, 0.1) is 6.92 Å². The minimum Gasteiger partial charge on any atom is -0.451 e. The SMILES string of the molecule is Cc1cc([C@H]2CCCN2C(=O)c2ccc(-c3ccccc3Cl)o2)no1. The van der Waals surface area contributed by atoms with Gasteiger partial charge >= 0.3 is 0 Å². The summed E-state index contributed by atoms with van der Waals surface area (Å²) in [6.07, 6.45) is 1.80. The third kappa shape index (κ3) is 2.96. The summed E-state index contributed by atoms with van der Waals surface area (Å²) in [5.41, 5.74) is 1.56. The molecule has 1 amide bonds. The fourth-order valence-corrected chi connectivity index (χ4v) is 3.49. The Morgan fingerprint density at radius 3 is 2.88 bits per heavy atom. The Kier molecular flexibility index (Phi) is 4.09. The number of aromatic nitrogens is 1. The van der Waals surface area contributed by atoms with Crippen LogP contribution in [-0.2, 0) is 0 Å². The molecule has 25 heavy (non-hydrogen) atoms. The number of halogens is 1. The predicted molar refractivity (Wildman–Crippen MR) is 93.4 cm³/mol. The Morgan fingerprint density at radius 1 is 1.28 bits per heavy atom. The van der Waals surface area contributed by atoms with Crippen molar-refractivity contribution in [3.05, 3.63) is 64.7 Å². The van der Waals surface area contributed by atoms with Crippen LogP contribution in [0.3, 0.4) is 0 Å². The van der Waals surface area contributed by atoms with Crippen molar-refractivity contribution in [1.82, 2.24) is 10.1 Å². The van der Waals surface area contributed by atoms with Gasteiger partial charge < -0.3 is 13.8 Å². The lowest BCUT2D eigenvalue weighted by Crippen LogP contribution is -2.30. The number of aryl methyl sites for hydroxylation is 1. The van der Waals surface area contributed by atoms with Crippen molar-refractivity contribution in [3.8, 4) is 11.3 Å². The van der Waals surface area contributed by atoms with E-state index in [1.54, 1.807) is 23.1 Å². The lowest BCUT2D eigenvalue weighted by Gasteiger charge is -2.21. The molecule has 5 nitrogen and oxygen atoms in total. The lowest BCUT2D eigenvalue weighted by molar-refractivity contribution is 0.0699. The highest BCUT2D eigenvalue weighted by molar-refractivity contribution is 6.33. The van der Waals surface area contributed by atoms with E-state index in [1.165, 1.54) is 0 Å². The maximum Gasteiger partial charge on any atom is 0.290 e. The van der Waals surface area contributed by atoms with Crippen LogP contribution in [0.5, 0.6) is 0 Å². The molecular weight excluding hydrogens is 340 g/mol. The van der Waals surface area contributed by atoms with Gasteiger partial charge in [0.2, 0.25) is 0 Å². The zero-order valence-electron chi connectivity index (χ0n) is 13.7. The van der Waals surface area contributed by atoms with Gasteiger partial charge in [-0.1, -0.05) is 28.9 Å². The minimum absolute atomic E-state index is 0.0705. The van der Waals surface area contributed by atoms with E-state index in [0.29, 0.717) is 23.1 Å². The number of carbonyl (C=O) groups excluding carboxylic acids is 1. The molecule has 1 saturated heterocycles. The van der Waals surface area contributed by atoms with Crippen LogP contribution in [0.25, 0.3) is 11.3 Å². The van der Waals surface area contributed by atoms with Crippen LogP contribution in [0.15, 0.2) is 51.4 Å². The van der Waals surface area contributed by atoms with Gasteiger partial charge in [0, 0.05) is 18.2 Å². The number of hydrogen-bond acceptors (Lipinski definition) is 4. The van der Waals surface area contributed by atoms with E-state index in [2.05, 4.69) is 5.16 Å². The van der Waals surface area contributed by atoms with E-state index in [0.717, 1.165) is 29.9 Å². The van der Waals surface area contributed by atoms with Crippen LogP contribution in [0.4, 0.5) is 0 Å². The topological polar surface area (TPSA) is 59.5 Å². The van der Waals surface area contributed by atoms with Crippen LogP contribution in [0.1, 0.15) is 40.9 Å². The smallest absolute Gasteiger partial charge is 0.290 e. The molecule has 128 valence electrons. The molecule has 0 saturated carbocycles. The predicted octanol–water partition coefficient (Wildman–Crippen LogP) is 4.87. The first-order valence-corrected chi connectivity index (χ1v) is 8.60. The summed E-state index contributed by atoms with van der Waals surface area (Å²) in [6, 6.07) is 12.7. The third-order valence-electron chi connectivity index (χ3n) is 4.46. The first-order chi connectivity index (χ1) is 12.1. The average molecular weight is 357 g/mol. The van der Waals surface area contributed by atoms with Gasteiger partial charge in [0.15, 0.2) is 5.76 Å². The Balaban J connectivity index is 1.60. The molecular formula is C19H17ClN2O3. The van der Waals surface area contributed by atoms with Gasteiger partial charge in [0.25, 0.3) is 5.91 Å². The summed E-state index contributed by atoms with van der Waals surface area (Å²) in [5, 5.41) is 4.66. The maximum atomic E-state index is 12.9. The van der Waals surface area contributed by atoms with Gasteiger partial charge in [-0.25, -0.2) is 0 Å². The molecule has 0 radical (unpaired) electrons. The average Bonchev–Trinajstić information content (AvgIpc) is 3.34. The molecule has 1 atom stereocenters. The summed E-state index contributed by atoms with van der Waals surface area (Å²) in [4.78, 5) is 14.7. The van der Waals surface area contributed by atoms with E-state index in [4.69, 9.17) is 20.5 Å². The second-order valence-electron chi connectivity index (χ2n) is 6.16. The number of rotatable bonds is 3. The van der Waals surface area contributed by atoms with Gasteiger partial charge in [-0.15, -0.1) is 0 Å². The quantitative estimate of drug-likeness (QED) is 0.671. The molecule has 0 unspecified atom stereocenters. The normalized spacial score (nSPS) is 17.2. The lowest BCUT2D eigenvalue weighted by atomic mass is 10.1. The summed E-state index contributed by atoms with van der Waals surface area (Å²) in [5.74, 6) is 1.50. The van der Waals surface area contributed by atoms with Crippen molar-refractivity contribution >= 4 is 17.5 Å². The zero-order chi connectivity index (χ0) is 17.4. The molecule has 0 N–H and O–H groups in total. The molecule has 1 aromatic carbocycles. The molecule has 6 heteroatoms. The Bertz CT molecular complexity index is 915. The highest BCUT2D eigenvalue weighted by Crippen LogP contribution is 2.34. The Morgan fingerprint density at radius 2 is 2.12 bits per heavy atom. The molecule has 3 heterocycles. The molecule has 0 aliphatic carbocycles. The number of hydrogen-bond donors (Lipinski definition) is 0. The van der Waals surface area contributed by atoms with E-state index in [-0.39, 0.29) is 11.9 Å². The molecule has 0 bridgehead atoms. The highest BCUT2D eigenvalue weighted by Gasteiger charge is 2.34. The van der Waals surface area contributed by atoms with Gasteiger partial charge in [0.1, 0.15) is 17.2 Å². The summed E-state index contributed by atoms with van der Waals surface area (Å²) in [6.45, 7) is 2.53. The van der Waals surface area contributed by atoms with Crippen LogP contribution < -0.4 is 0 Å². The van der Waals surface area contributed by atoms with Crippen LogP contribution >= 0.6 is 11.6 Å². The summed E-state index contributed by atoms with van der Waals surface area (Å²) >= 11 is 6.21. The van der Waals surface area contributed by atoms with Gasteiger partial charge in [-0.05, 0) is 44.0 Å². The van der Waals surface area contributed by atoms with Crippen molar-refractivity contribution in [2.24, 2.45) is 0 Å². The van der Waals surface area contributed by atoms with E-state index in [9.17, 15) is 4.79 Å². The minimum atomic E-state index is -0.138. The third-order valence-corrected chi connectivity index (χ3v) is 4.79. The molecule has 3 aromatic rings. The van der Waals surface area contributed by atoms with E-state index in [1.807, 2.05) is 31.2 Å². The fraction of sp³-hybridized carbons (Fsp3) is 0.263. The standard InChI is InChI=1S/C19H17ClN2O3/c1-12-11-15(21-25-12)16-7-4-10-22(16)19(23)18-9-8-17(24-18)13-5-2-3-6-14(13)20/h2-3,5-6,8-9,11,16H,4,7,10H2,1H3/t16-/m1/s1. The maximum absolute atomic E-state index is 12.9. The molecule has 0 spiro atoms. The second kappa shape index (κ2) is 6.41. The van der Waals surface area contributed by atoms with E-state index < -0.39 is 0 Å². The number of carbonyl (C=O) groups is 1. The first-order valence-electron chi connectivity index (χ1n) is 8.22. The van der Waals surface area contributed by atoms with Crippen molar-refractivity contribution in [1.29, 1.82) is 0 Å². The van der Waals surface area contributed by atoms with Gasteiger partial charge in [-0.3, -0.25) is 4.79 Å². The molecule has 2 aromatic heterocycles. The van der Waals surface area contributed by atoms with Gasteiger partial charge in [-0.2, -0.15) is 0 Å². The number of likely N-dealkylation sites (tertiary alicyclic amines) is 1. The summed E-state index contributed by atoms with van der Waals surface area (Å²) < 4.78 is 11.0. The first kappa shape index (κ1) is 16.0. The van der Waals surface area contributed by atoms with Crippen molar-refractivity contribution in [2.45, 2.75) is 25.8 Å². The number of amides is 1. The monoisotopic (exact) mass is 356 g/mol. The number of nitrogens with zero attached hydrogens (tertiary/aromatic N) is 2. The molecule has 1 aliphatic heterocycles. The van der Waals surface area contributed by atoms with Crippen molar-refractivity contribution in [3.63, 3.8) is 0 Å². The van der Waals surface area contributed by atoms with Gasteiger partial charge in [0.05, 0.1) is 11.1 Å². The van der Waals surface area contributed by atoms with E-state index >= 15 is 0 Å².